The van der Waals surface area contributed by atoms with Crippen LogP contribution in [0.25, 0.3) is 0 Å². The average molecular weight is 369 g/mol. The molecular weight excluding hydrogens is 350 g/mol. The summed E-state index contributed by atoms with van der Waals surface area (Å²) in [4.78, 5) is 12.0. The molecule has 0 saturated heterocycles. The maximum atomic E-state index is 12.2. The predicted molar refractivity (Wildman–Crippen MR) is 98.3 cm³/mol. The number of benzene rings is 2. The Hall–Kier alpha value is -2.69. The lowest BCUT2D eigenvalue weighted by atomic mass is 10.1. The van der Waals surface area contributed by atoms with Crippen LogP contribution in [-0.4, -0.2) is 20.2 Å². The summed E-state index contributed by atoms with van der Waals surface area (Å²) in [5.41, 5.74) is 2.43. The van der Waals surface area contributed by atoms with Gasteiger partial charge in [0.1, 0.15) is 0 Å². The zero-order chi connectivity index (χ0) is 18.7. The van der Waals surface area contributed by atoms with Gasteiger partial charge in [-0.05, 0) is 55.7 Å². The van der Waals surface area contributed by atoms with E-state index in [2.05, 4.69) is 16.1 Å². The third-order valence-corrected chi connectivity index (χ3v) is 5.68. The molecule has 1 saturated carbocycles. The fourth-order valence-corrected chi connectivity index (χ4v) is 3.84. The number of carbonyl (C=O) groups is 1. The molecule has 0 unspecified atom stereocenters. The molecule has 1 aliphatic rings. The summed E-state index contributed by atoms with van der Waals surface area (Å²) in [7, 11) is -3.46. The van der Waals surface area contributed by atoms with Crippen LogP contribution in [0.4, 0.5) is 5.69 Å². The number of nitrogens with zero attached hydrogens (tertiary/aromatic N) is 1. The Balaban J connectivity index is 1.72. The summed E-state index contributed by atoms with van der Waals surface area (Å²) in [5.74, 6) is -0.0930. The maximum Gasteiger partial charge on any atom is 0.240 e. The molecule has 0 spiro atoms. The van der Waals surface area contributed by atoms with Crippen molar-refractivity contribution in [1.82, 2.24) is 4.72 Å². The highest BCUT2D eigenvalue weighted by Gasteiger charge is 2.27. The van der Waals surface area contributed by atoms with Crippen molar-refractivity contribution in [3.63, 3.8) is 0 Å². The molecule has 0 aromatic heterocycles. The van der Waals surface area contributed by atoms with Gasteiger partial charge in [-0.3, -0.25) is 4.79 Å². The second-order valence-corrected chi connectivity index (χ2v) is 8.04. The molecule has 1 aliphatic carbocycles. The smallest absolute Gasteiger partial charge is 0.240 e. The molecule has 6 nitrogen and oxygen atoms in total. The topological polar surface area (TPSA) is 99.1 Å². The standard InChI is InChI=1S/C19H19N3O3S/c1-13(23)18-9-4-15(11-20)10-19(18)21-12-14-2-7-17(8-3-14)26(24,25)22-16-5-6-16/h2-4,7-10,16,21-22H,5-6,12H2,1H3. The molecule has 3 rings (SSSR count). The predicted octanol–water partition coefficient (Wildman–Crippen LogP) is 2.81. The fraction of sp³-hybridized carbons (Fsp3) is 0.263. The van der Waals surface area contributed by atoms with Gasteiger partial charge in [0.2, 0.25) is 10.0 Å². The zero-order valence-corrected chi connectivity index (χ0v) is 15.1. The summed E-state index contributed by atoms with van der Waals surface area (Å²) in [5, 5.41) is 12.2. The highest BCUT2D eigenvalue weighted by Crippen LogP contribution is 2.23. The van der Waals surface area contributed by atoms with Gasteiger partial charge in [0, 0.05) is 23.8 Å². The second-order valence-electron chi connectivity index (χ2n) is 6.32. The lowest BCUT2D eigenvalue weighted by Gasteiger charge is -2.11. The number of anilines is 1. The van der Waals surface area contributed by atoms with Crippen LogP contribution in [-0.2, 0) is 16.6 Å². The van der Waals surface area contributed by atoms with Gasteiger partial charge in [0.15, 0.2) is 5.78 Å². The number of sulfonamides is 1. The molecule has 0 radical (unpaired) electrons. The van der Waals surface area contributed by atoms with Crippen molar-refractivity contribution >= 4 is 21.5 Å². The lowest BCUT2D eigenvalue weighted by Crippen LogP contribution is -2.25. The number of hydrogen-bond donors (Lipinski definition) is 2. The molecule has 1 fully saturated rings. The van der Waals surface area contributed by atoms with E-state index in [9.17, 15) is 13.2 Å². The maximum absolute atomic E-state index is 12.2. The summed E-state index contributed by atoms with van der Waals surface area (Å²) in [6.45, 7) is 1.88. The minimum absolute atomic E-state index is 0.0683. The first-order chi connectivity index (χ1) is 12.4. The Morgan fingerprint density at radius 3 is 2.46 bits per heavy atom. The minimum atomic E-state index is -3.46. The van der Waals surface area contributed by atoms with Crippen molar-refractivity contribution in [2.45, 2.75) is 37.2 Å². The van der Waals surface area contributed by atoms with Crippen molar-refractivity contribution in [2.75, 3.05) is 5.32 Å². The van der Waals surface area contributed by atoms with Gasteiger partial charge in [-0.25, -0.2) is 13.1 Å². The molecule has 0 aliphatic heterocycles. The van der Waals surface area contributed by atoms with E-state index in [4.69, 9.17) is 5.26 Å². The first-order valence-electron chi connectivity index (χ1n) is 8.29. The third-order valence-electron chi connectivity index (χ3n) is 4.14. The number of hydrogen-bond acceptors (Lipinski definition) is 5. The summed E-state index contributed by atoms with van der Waals surface area (Å²) in [6, 6.07) is 13.6. The van der Waals surface area contributed by atoms with E-state index in [1.165, 1.54) is 6.92 Å². The third kappa shape index (κ3) is 4.28. The van der Waals surface area contributed by atoms with E-state index in [1.54, 1.807) is 42.5 Å². The van der Waals surface area contributed by atoms with Gasteiger partial charge < -0.3 is 5.32 Å². The number of Topliss-reactive ketones (excluding diaryl/α,β-unsaturated/α-hetero) is 1. The van der Waals surface area contributed by atoms with Gasteiger partial charge in [0.05, 0.1) is 16.5 Å². The van der Waals surface area contributed by atoms with Crippen molar-refractivity contribution < 1.29 is 13.2 Å². The van der Waals surface area contributed by atoms with Crippen molar-refractivity contribution in [1.29, 1.82) is 5.26 Å². The number of ketones is 1. The molecule has 2 N–H and O–H groups in total. The summed E-state index contributed by atoms with van der Waals surface area (Å²) >= 11 is 0. The van der Waals surface area contributed by atoms with Crippen LogP contribution in [0.5, 0.6) is 0 Å². The first kappa shape index (κ1) is 18.1. The zero-order valence-electron chi connectivity index (χ0n) is 14.3. The number of nitriles is 1. The number of rotatable bonds is 7. The molecule has 0 atom stereocenters. The first-order valence-corrected chi connectivity index (χ1v) is 9.77. The van der Waals surface area contributed by atoms with Crippen LogP contribution in [0.3, 0.4) is 0 Å². The fourth-order valence-electron chi connectivity index (χ4n) is 2.54. The monoisotopic (exact) mass is 369 g/mol. The summed E-state index contributed by atoms with van der Waals surface area (Å²) < 4.78 is 27.0. The lowest BCUT2D eigenvalue weighted by molar-refractivity contribution is 0.101. The average Bonchev–Trinajstić information content (AvgIpc) is 3.43. The van der Waals surface area contributed by atoms with Crippen LogP contribution in [0, 0.1) is 11.3 Å². The largest absolute Gasteiger partial charge is 0.380 e. The molecule has 0 bridgehead atoms. The van der Waals surface area contributed by atoms with Crippen LogP contribution in [0.15, 0.2) is 47.4 Å². The highest BCUT2D eigenvalue weighted by molar-refractivity contribution is 7.89. The summed E-state index contributed by atoms with van der Waals surface area (Å²) in [6.07, 6.45) is 1.78. The van der Waals surface area contributed by atoms with Crippen LogP contribution in [0.2, 0.25) is 0 Å². The van der Waals surface area contributed by atoms with Gasteiger partial charge >= 0.3 is 0 Å². The Labute approximate surface area is 152 Å². The molecule has 7 heteroatoms. The Morgan fingerprint density at radius 2 is 1.88 bits per heavy atom. The molecule has 26 heavy (non-hydrogen) atoms. The van der Waals surface area contributed by atoms with Crippen LogP contribution >= 0.6 is 0 Å². The molecule has 0 heterocycles. The van der Waals surface area contributed by atoms with Crippen molar-refractivity contribution in [3.8, 4) is 6.07 Å². The van der Waals surface area contributed by atoms with E-state index < -0.39 is 10.0 Å². The number of carbonyl (C=O) groups excluding carboxylic acids is 1. The molecule has 2 aromatic carbocycles. The molecule has 0 amide bonds. The number of nitrogens with one attached hydrogen (secondary N) is 2. The van der Waals surface area contributed by atoms with Gasteiger partial charge in [0.25, 0.3) is 0 Å². The van der Waals surface area contributed by atoms with Crippen molar-refractivity contribution in [2.24, 2.45) is 0 Å². The minimum Gasteiger partial charge on any atom is -0.380 e. The quantitative estimate of drug-likeness (QED) is 0.731. The molecule has 134 valence electrons. The van der Waals surface area contributed by atoms with Gasteiger partial charge in [-0.1, -0.05) is 12.1 Å². The van der Waals surface area contributed by atoms with Crippen LogP contribution in [0.1, 0.15) is 41.3 Å². The van der Waals surface area contributed by atoms with E-state index in [-0.39, 0.29) is 16.7 Å². The van der Waals surface area contributed by atoms with Crippen molar-refractivity contribution in [3.05, 3.63) is 59.2 Å². The highest BCUT2D eigenvalue weighted by atomic mass is 32.2. The SMILES string of the molecule is CC(=O)c1ccc(C#N)cc1NCc1ccc(S(=O)(=O)NC2CC2)cc1. The Morgan fingerprint density at radius 1 is 1.19 bits per heavy atom. The Kier molecular flexibility index (Phi) is 5.07. The molecule has 2 aromatic rings. The van der Waals surface area contributed by atoms with Gasteiger partial charge in [-0.2, -0.15) is 5.26 Å². The van der Waals surface area contributed by atoms with Gasteiger partial charge in [-0.15, -0.1) is 0 Å². The second kappa shape index (κ2) is 7.28. The normalized spacial score (nSPS) is 13.8. The van der Waals surface area contributed by atoms with Crippen LogP contribution < -0.4 is 10.0 Å². The molecular formula is C19H19N3O3S. The van der Waals surface area contributed by atoms with E-state index >= 15 is 0 Å². The Bertz CT molecular complexity index is 972. The van der Waals surface area contributed by atoms with E-state index in [0.717, 1.165) is 18.4 Å². The van der Waals surface area contributed by atoms with E-state index in [0.29, 0.717) is 23.4 Å². The van der Waals surface area contributed by atoms with E-state index in [1.807, 2.05) is 0 Å².